The van der Waals surface area contributed by atoms with Gasteiger partial charge in [0.2, 0.25) is 0 Å². The van der Waals surface area contributed by atoms with Crippen LogP contribution in [0.25, 0.3) is 0 Å². The molecule has 8 nitrogen and oxygen atoms in total. The lowest BCUT2D eigenvalue weighted by Crippen LogP contribution is -2.56. The van der Waals surface area contributed by atoms with Crippen LogP contribution in [0.15, 0.2) is 11.6 Å². The van der Waals surface area contributed by atoms with Gasteiger partial charge in [0, 0.05) is 31.4 Å². The fourth-order valence-electron chi connectivity index (χ4n) is 6.62. The number of carbonyl (C=O) groups excluding carboxylic acids is 2. The second-order valence-corrected chi connectivity index (χ2v) is 11.3. The third-order valence-corrected chi connectivity index (χ3v) is 8.70. The van der Waals surface area contributed by atoms with Gasteiger partial charge in [0.1, 0.15) is 17.3 Å². The van der Waals surface area contributed by atoms with E-state index >= 15 is 0 Å². The van der Waals surface area contributed by atoms with Gasteiger partial charge in [-0.3, -0.25) is 4.79 Å². The van der Waals surface area contributed by atoms with E-state index in [0.29, 0.717) is 36.2 Å². The van der Waals surface area contributed by atoms with Gasteiger partial charge in [-0.05, 0) is 83.6 Å². The first-order chi connectivity index (χ1) is 16.2. The van der Waals surface area contributed by atoms with Crippen molar-refractivity contribution in [2.45, 2.75) is 108 Å². The summed E-state index contributed by atoms with van der Waals surface area (Å²) in [7, 11) is 0. The van der Waals surface area contributed by atoms with Crippen molar-refractivity contribution < 1.29 is 28.9 Å². The predicted octanol–water partition coefficient (Wildman–Crippen LogP) is 2.57. The summed E-state index contributed by atoms with van der Waals surface area (Å²) in [6, 6.07) is 0. The average Bonchev–Trinajstić information content (AvgIpc) is 3.15. The van der Waals surface area contributed by atoms with E-state index in [1.165, 1.54) is 0 Å². The molecule has 0 aromatic heterocycles. The first-order valence-electron chi connectivity index (χ1n) is 13.0. The number of carbonyl (C=O) groups is 2. The number of aliphatic hydroxyl groups is 1. The molecule has 4 N–H and O–H groups in total. The fraction of sp³-hybridized carbons (Fsp3) is 0.846. The fourth-order valence-corrected chi connectivity index (χ4v) is 6.62. The number of piperidine rings is 1. The van der Waals surface area contributed by atoms with Crippen molar-refractivity contribution >= 4 is 11.9 Å². The first-order valence-corrected chi connectivity index (χ1v) is 13.0. The quantitative estimate of drug-likeness (QED) is 0.377. The van der Waals surface area contributed by atoms with Crippen LogP contribution in [0.2, 0.25) is 0 Å². The maximum Gasteiger partial charge on any atom is 0.334 e. The van der Waals surface area contributed by atoms with Crippen LogP contribution in [0.3, 0.4) is 0 Å². The standard InChI is InChI=1S/C26H42N2O6/c1-4-17(9-10-29)24(31)34-25(2,3)26(13-16-5-7-22(27)28-15-16)14-19-11-18-6-8-23(30)32-20(18)12-21(19)33-26/h4,16,18-22,28-29H,5-15,27H2,1-3H3. The molecule has 1 saturated carbocycles. The number of allylic oxidation sites excluding steroid dienone is 1. The first kappa shape index (κ1) is 25.6. The monoisotopic (exact) mass is 478 g/mol. The third kappa shape index (κ3) is 5.20. The molecule has 4 rings (SSSR count). The van der Waals surface area contributed by atoms with Gasteiger partial charge in [-0.25, -0.2) is 4.79 Å². The molecule has 1 aliphatic carbocycles. The Hall–Kier alpha value is -1.48. The molecule has 0 radical (unpaired) electrons. The minimum atomic E-state index is -0.869. The summed E-state index contributed by atoms with van der Waals surface area (Å²) in [5, 5.41) is 12.7. The summed E-state index contributed by atoms with van der Waals surface area (Å²) in [5.74, 6) is 0.610. The highest BCUT2D eigenvalue weighted by molar-refractivity contribution is 5.88. The highest BCUT2D eigenvalue weighted by Gasteiger charge is 2.60. The van der Waals surface area contributed by atoms with Crippen molar-refractivity contribution in [2.75, 3.05) is 13.2 Å². The van der Waals surface area contributed by atoms with Gasteiger partial charge in [0.15, 0.2) is 0 Å². The van der Waals surface area contributed by atoms with E-state index in [4.69, 9.17) is 19.9 Å². The molecule has 3 heterocycles. The topological polar surface area (TPSA) is 120 Å². The smallest absolute Gasteiger partial charge is 0.334 e. The highest BCUT2D eigenvalue weighted by Crippen LogP contribution is 2.54. The van der Waals surface area contributed by atoms with E-state index in [0.717, 1.165) is 45.1 Å². The molecule has 0 spiro atoms. The number of aliphatic hydroxyl groups excluding tert-OH is 1. The molecule has 3 saturated heterocycles. The second-order valence-electron chi connectivity index (χ2n) is 11.3. The summed E-state index contributed by atoms with van der Waals surface area (Å²) in [4.78, 5) is 24.9. The maximum absolute atomic E-state index is 13.0. The Morgan fingerprint density at radius 2 is 2.06 bits per heavy atom. The Bertz CT molecular complexity index is 790. The van der Waals surface area contributed by atoms with Crippen LogP contribution in [0.1, 0.15) is 78.6 Å². The number of esters is 2. The van der Waals surface area contributed by atoms with Crippen LogP contribution in [0.4, 0.5) is 0 Å². The Kier molecular flexibility index (Phi) is 7.72. The van der Waals surface area contributed by atoms with Crippen LogP contribution < -0.4 is 11.1 Å². The highest BCUT2D eigenvalue weighted by atomic mass is 16.6. The zero-order chi connectivity index (χ0) is 24.5. The van der Waals surface area contributed by atoms with E-state index in [-0.39, 0.29) is 37.4 Å². The number of rotatable bonds is 7. The molecule has 34 heavy (non-hydrogen) atoms. The van der Waals surface area contributed by atoms with Gasteiger partial charge in [-0.15, -0.1) is 0 Å². The van der Waals surface area contributed by atoms with Crippen LogP contribution >= 0.6 is 0 Å². The molecule has 4 fully saturated rings. The van der Waals surface area contributed by atoms with Gasteiger partial charge < -0.3 is 30.4 Å². The Labute approximate surface area is 202 Å². The van der Waals surface area contributed by atoms with Crippen molar-refractivity contribution in [3.05, 3.63) is 11.6 Å². The average molecular weight is 479 g/mol. The lowest BCUT2D eigenvalue weighted by molar-refractivity contribution is -0.206. The van der Waals surface area contributed by atoms with Crippen LogP contribution in [-0.2, 0) is 23.8 Å². The van der Waals surface area contributed by atoms with Gasteiger partial charge in [-0.2, -0.15) is 0 Å². The molecular formula is C26H42N2O6. The minimum absolute atomic E-state index is 0.0115. The van der Waals surface area contributed by atoms with E-state index in [1.54, 1.807) is 13.0 Å². The summed E-state index contributed by atoms with van der Waals surface area (Å²) in [6.45, 7) is 6.43. The number of nitrogens with one attached hydrogen (secondary N) is 1. The van der Waals surface area contributed by atoms with Crippen LogP contribution in [-0.4, -0.2) is 59.8 Å². The van der Waals surface area contributed by atoms with Crippen molar-refractivity contribution in [1.29, 1.82) is 0 Å². The molecule has 8 heteroatoms. The summed E-state index contributed by atoms with van der Waals surface area (Å²) in [6.07, 6.45) is 8.51. The summed E-state index contributed by atoms with van der Waals surface area (Å²) >= 11 is 0. The van der Waals surface area contributed by atoms with Crippen molar-refractivity contribution in [3.8, 4) is 0 Å². The van der Waals surface area contributed by atoms with Gasteiger partial charge >= 0.3 is 11.9 Å². The SMILES string of the molecule is CC=C(CCO)C(=O)OC(C)(C)C1(CC2CCC(N)NC2)CC2CC3CCC(=O)OC3CC2O1. The normalized spacial score (nSPS) is 38.6. The largest absolute Gasteiger partial charge is 0.462 e. The number of hydrogen-bond acceptors (Lipinski definition) is 8. The number of hydrogen-bond donors (Lipinski definition) is 3. The van der Waals surface area contributed by atoms with Crippen molar-refractivity contribution in [1.82, 2.24) is 5.32 Å². The second kappa shape index (κ2) is 10.2. The van der Waals surface area contributed by atoms with E-state index in [1.807, 2.05) is 13.8 Å². The van der Waals surface area contributed by atoms with Gasteiger partial charge in [0.25, 0.3) is 0 Å². The zero-order valence-corrected chi connectivity index (χ0v) is 20.9. The molecule has 7 unspecified atom stereocenters. The molecule has 4 aliphatic rings. The van der Waals surface area contributed by atoms with Crippen LogP contribution in [0, 0.1) is 17.8 Å². The molecule has 0 bridgehead atoms. The maximum atomic E-state index is 13.0. The van der Waals surface area contributed by atoms with E-state index in [9.17, 15) is 14.7 Å². The Balaban J connectivity index is 1.56. The Morgan fingerprint density at radius 3 is 2.74 bits per heavy atom. The number of ether oxygens (including phenoxy) is 3. The van der Waals surface area contributed by atoms with Gasteiger partial charge in [-0.1, -0.05) is 6.08 Å². The molecule has 0 aromatic carbocycles. The lowest BCUT2D eigenvalue weighted by Gasteiger charge is -2.46. The van der Waals surface area contributed by atoms with Gasteiger partial charge in [0.05, 0.1) is 12.3 Å². The third-order valence-electron chi connectivity index (χ3n) is 8.70. The number of nitrogens with two attached hydrogens (primary N) is 1. The molecule has 0 aromatic rings. The van der Waals surface area contributed by atoms with Crippen molar-refractivity contribution in [2.24, 2.45) is 23.5 Å². The summed E-state index contributed by atoms with van der Waals surface area (Å²) < 4.78 is 18.8. The predicted molar refractivity (Wildman–Crippen MR) is 126 cm³/mol. The molecular weight excluding hydrogens is 436 g/mol. The molecule has 192 valence electrons. The molecule has 0 amide bonds. The number of fused-ring (bicyclic) bond motifs is 2. The molecule has 3 aliphatic heterocycles. The lowest BCUT2D eigenvalue weighted by atomic mass is 9.69. The summed E-state index contributed by atoms with van der Waals surface area (Å²) in [5.41, 5.74) is 5.03. The molecule has 7 atom stereocenters. The van der Waals surface area contributed by atoms with Crippen molar-refractivity contribution in [3.63, 3.8) is 0 Å². The van der Waals surface area contributed by atoms with Crippen LogP contribution in [0.5, 0.6) is 0 Å². The Morgan fingerprint density at radius 1 is 1.26 bits per heavy atom. The van der Waals surface area contributed by atoms with E-state index < -0.39 is 17.2 Å². The van der Waals surface area contributed by atoms with E-state index in [2.05, 4.69) is 5.32 Å². The zero-order valence-electron chi connectivity index (χ0n) is 20.9. The minimum Gasteiger partial charge on any atom is -0.462 e.